The van der Waals surface area contributed by atoms with Crippen molar-refractivity contribution < 1.29 is 23.7 Å². The molecule has 0 aliphatic rings. The number of carbonyl (C=O) groups is 2. The van der Waals surface area contributed by atoms with Crippen molar-refractivity contribution in [3.63, 3.8) is 0 Å². The molecule has 3 rings (SSSR count). The van der Waals surface area contributed by atoms with Crippen LogP contribution in [0.2, 0.25) is 0 Å². The van der Waals surface area contributed by atoms with Gasteiger partial charge in [-0.2, -0.15) is 0 Å². The minimum absolute atomic E-state index is 0.0373. The van der Waals surface area contributed by atoms with Crippen LogP contribution in [0.3, 0.4) is 0 Å². The van der Waals surface area contributed by atoms with Crippen LogP contribution in [0.15, 0.2) is 57.7 Å². The molecule has 1 aromatic heterocycles. The molecule has 160 valence electrons. The molecule has 2 aromatic carbocycles. The van der Waals surface area contributed by atoms with E-state index in [-0.39, 0.29) is 24.1 Å². The molecular formula is C21H19N3O7. The van der Waals surface area contributed by atoms with Crippen LogP contribution in [0.25, 0.3) is 11.0 Å². The van der Waals surface area contributed by atoms with Gasteiger partial charge in [0.25, 0.3) is 5.69 Å². The molecule has 0 spiro atoms. The predicted molar refractivity (Wildman–Crippen MR) is 111 cm³/mol. The summed E-state index contributed by atoms with van der Waals surface area (Å²) in [4.78, 5) is 46.6. The zero-order chi connectivity index (χ0) is 22.5. The number of nitro benzene ring substituents is 1. The number of nitrogens with zero attached hydrogens (tertiary/aromatic N) is 1. The molecule has 0 saturated heterocycles. The molecule has 0 bridgehead atoms. The number of amides is 2. The van der Waals surface area contributed by atoms with Crippen molar-refractivity contribution in [1.29, 1.82) is 0 Å². The van der Waals surface area contributed by atoms with Crippen molar-refractivity contribution in [2.75, 3.05) is 7.11 Å². The highest BCUT2D eigenvalue weighted by Gasteiger charge is 2.21. The molecule has 0 radical (unpaired) electrons. The van der Waals surface area contributed by atoms with Gasteiger partial charge in [-0.1, -0.05) is 12.1 Å². The molecule has 10 heteroatoms. The minimum Gasteiger partial charge on any atom is -0.497 e. The molecular weight excluding hydrogens is 406 g/mol. The van der Waals surface area contributed by atoms with Gasteiger partial charge >= 0.3 is 5.63 Å². The first kappa shape index (κ1) is 21.5. The maximum atomic E-state index is 12.4. The Morgan fingerprint density at radius 1 is 1.23 bits per heavy atom. The van der Waals surface area contributed by atoms with Crippen LogP contribution < -0.4 is 21.4 Å². The predicted octanol–water partition coefficient (Wildman–Crippen LogP) is 1.47. The number of nitro groups is 1. The summed E-state index contributed by atoms with van der Waals surface area (Å²) in [6, 6.07) is 10.7. The highest BCUT2D eigenvalue weighted by molar-refractivity contribution is 5.89. The number of carbonyl (C=O) groups excluding carboxylic acids is 2. The first-order valence-corrected chi connectivity index (χ1v) is 9.19. The SMILES string of the molecule is COc1ccc2c(C[C@@H](NC(=O)Cc3cccc([N+](=O)[O-])c3)C(N)=O)cc(=O)oc2c1. The van der Waals surface area contributed by atoms with Crippen LogP contribution in [-0.2, 0) is 22.4 Å². The summed E-state index contributed by atoms with van der Waals surface area (Å²) < 4.78 is 10.3. The maximum Gasteiger partial charge on any atom is 0.336 e. The Kier molecular flexibility index (Phi) is 6.29. The lowest BCUT2D eigenvalue weighted by molar-refractivity contribution is -0.384. The lowest BCUT2D eigenvalue weighted by atomic mass is 10.0. The van der Waals surface area contributed by atoms with Crippen LogP contribution in [0.5, 0.6) is 5.75 Å². The number of benzene rings is 2. The van der Waals surface area contributed by atoms with Gasteiger partial charge in [-0.25, -0.2) is 4.79 Å². The van der Waals surface area contributed by atoms with Gasteiger partial charge in [-0.05, 0) is 23.3 Å². The van der Waals surface area contributed by atoms with Crippen LogP contribution in [-0.4, -0.2) is 29.9 Å². The summed E-state index contributed by atoms with van der Waals surface area (Å²) in [6.07, 6.45) is -0.217. The topological polar surface area (TPSA) is 155 Å². The summed E-state index contributed by atoms with van der Waals surface area (Å²) >= 11 is 0. The normalized spacial score (nSPS) is 11.6. The van der Waals surface area contributed by atoms with Gasteiger partial charge in [0.05, 0.1) is 18.5 Å². The number of rotatable bonds is 8. The Hall–Kier alpha value is -4.21. The molecule has 0 fully saturated rings. The highest BCUT2D eigenvalue weighted by Crippen LogP contribution is 2.23. The van der Waals surface area contributed by atoms with Crippen LogP contribution >= 0.6 is 0 Å². The standard InChI is InChI=1S/C21H19N3O7/c1-30-15-5-6-16-13(10-20(26)31-18(16)11-15)9-17(21(22)27)23-19(25)8-12-3-2-4-14(7-12)24(28)29/h2-7,10-11,17H,8-9H2,1H3,(H2,22,27)(H,23,25)/t17-/m1/s1. The van der Waals surface area contributed by atoms with Crippen molar-refractivity contribution in [2.24, 2.45) is 5.73 Å². The van der Waals surface area contributed by atoms with E-state index < -0.39 is 28.4 Å². The van der Waals surface area contributed by atoms with E-state index in [4.69, 9.17) is 14.9 Å². The summed E-state index contributed by atoms with van der Waals surface area (Å²) in [6.45, 7) is 0. The van der Waals surface area contributed by atoms with Crippen LogP contribution in [0.1, 0.15) is 11.1 Å². The second kappa shape index (κ2) is 9.08. The van der Waals surface area contributed by atoms with Crippen molar-refractivity contribution in [3.8, 4) is 5.75 Å². The Labute approximate surface area is 175 Å². The molecule has 0 saturated carbocycles. The van der Waals surface area contributed by atoms with Gasteiger partial charge in [-0.3, -0.25) is 19.7 Å². The molecule has 1 atom stereocenters. The van der Waals surface area contributed by atoms with Gasteiger partial charge in [0.1, 0.15) is 17.4 Å². The summed E-state index contributed by atoms with van der Waals surface area (Å²) in [5.41, 5.74) is 5.83. The number of hydrogen-bond acceptors (Lipinski definition) is 7. The zero-order valence-electron chi connectivity index (χ0n) is 16.5. The molecule has 10 nitrogen and oxygen atoms in total. The average Bonchev–Trinajstić information content (AvgIpc) is 2.72. The van der Waals surface area contributed by atoms with Gasteiger partial charge in [0, 0.05) is 36.1 Å². The zero-order valence-corrected chi connectivity index (χ0v) is 16.5. The molecule has 1 heterocycles. The Bertz CT molecular complexity index is 1220. The largest absolute Gasteiger partial charge is 0.497 e. The average molecular weight is 425 g/mol. The third-order valence-electron chi connectivity index (χ3n) is 4.63. The van der Waals surface area contributed by atoms with E-state index in [1.165, 1.54) is 31.4 Å². The summed E-state index contributed by atoms with van der Waals surface area (Å²) in [5.74, 6) is -0.843. The van der Waals surface area contributed by atoms with Crippen molar-refractivity contribution >= 4 is 28.5 Å². The number of primary amides is 1. The lowest BCUT2D eigenvalue weighted by Crippen LogP contribution is -2.46. The molecule has 0 aliphatic heterocycles. The number of fused-ring (bicyclic) bond motifs is 1. The second-order valence-electron chi connectivity index (χ2n) is 6.78. The van der Waals surface area contributed by atoms with Crippen molar-refractivity contribution in [3.05, 3.63) is 80.2 Å². The van der Waals surface area contributed by atoms with Gasteiger partial charge in [-0.15, -0.1) is 0 Å². The fraction of sp³-hybridized carbons (Fsp3) is 0.190. The second-order valence-corrected chi connectivity index (χ2v) is 6.78. The van der Waals surface area contributed by atoms with Crippen LogP contribution in [0, 0.1) is 10.1 Å². The third-order valence-corrected chi connectivity index (χ3v) is 4.63. The van der Waals surface area contributed by atoms with E-state index in [1.807, 2.05) is 0 Å². The minimum atomic E-state index is -1.10. The number of methoxy groups -OCH3 is 1. The monoisotopic (exact) mass is 425 g/mol. The number of hydrogen-bond donors (Lipinski definition) is 2. The fourth-order valence-electron chi connectivity index (χ4n) is 3.16. The maximum absolute atomic E-state index is 12.4. The Balaban J connectivity index is 1.81. The van der Waals surface area contributed by atoms with E-state index in [1.54, 1.807) is 24.3 Å². The first-order chi connectivity index (χ1) is 14.8. The van der Waals surface area contributed by atoms with Crippen LogP contribution in [0.4, 0.5) is 5.69 Å². The lowest BCUT2D eigenvalue weighted by Gasteiger charge is -2.16. The first-order valence-electron chi connectivity index (χ1n) is 9.19. The van der Waals surface area contributed by atoms with E-state index in [9.17, 15) is 24.5 Å². The molecule has 3 aromatic rings. The van der Waals surface area contributed by atoms with E-state index in [2.05, 4.69) is 5.32 Å². The molecule has 31 heavy (non-hydrogen) atoms. The Morgan fingerprint density at radius 2 is 2.00 bits per heavy atom. The van der Waals surface area contributed by atoms with E-state index >= 15 is 0 Å². The highest BCUT2D eigenvalue weighted by atomic mass is 16.6. The quantitative estimate of drug-likeness (QED) is 0.314. The molecule has 2 amide bonds. The molecule has 0 unspecified atom stereocenters. The number of nitrogens with two attached hydrogens (primary N) is 1. The van der Waals surface area contributed by atoms with E-state index in [0.717, 1.165) is 0 Å². The van der Waals surface area contributed by atoms with Crippen molar-refractivity contribution in [1.82, 2.24) is 5.32 Å². The summed E-state index contributed by atoms with van der Waals surface area (Å²) in [7, 11) is 1.48. The van der Waals surface area contributed by atoms with Gasteiger partial charge < -0.3 is 20.2 Å². The third kappa shape index (κ3) is 5.24. The van der Waals surface area contributed by atoms with Gasteiger partial charge in [0.2, 0.25) is 11.8 Å². The summed E-state index contributed by atoms with van der Waals surface area (Å²) in [5, 5.41) is 14.0. The number of nitrogens with one attached hydrogen (secondary N) is 1. The fourth-order valence-corrected chi connectivity index (χ4v) is 3.16. The number of non-ortho nitro benzene ring substituents is 1. The molecule has 3 N–H and O–H groups in total. The smallest absolute Gasteiger partial charge is 0.336 e. The van der Waals surface area contributed by atoms with Gasteiger partial charge in [0.15, 0.2) is 0 Å². The van der Waals surface area contributed by atoms with E-state index in [0.29, 0.717) is 22.3 Å². The molecule has 0 aliphatic carbocycles. The number of ether oxygens (including phenoxy) is 1. The Morgan fingerprint density at radius 3 is 2.68 bits per heavy atom. The van der Waals surface area contributed by atoms with Crippen molar-refractivity contribution in [2.45, 2.75) is 18.9 Å².